The lowest BCUT2D eigenvalue weighted by Crippen LogP contribution is -2.32. The van der Waals surface area contributed by atoms with Gasteiger partial charge in [0.05, 0.1) is 24.9 Å². The molecular formula is C12H24O3. The van der Waals surface area contributed by atoms with Crippen molar-refractivity contribution in [3.8, 4) is 0 Å². The smallest absolute Gasteiger partial charge is 0.0905 e. The Bertz CT molecular complexity index is 198. The van der Waals surface area contributed by atoms with Crippen molar-refractivity contribution in [2.75, 3.05) is 13.7 Å². The standard InChI is InChI=1S/C12H24O3/c1-8-11(14-5)9(7-13)10(15-8)6-12(2,3)4/h8-11,13H,6-7H2,1-5H3. The molecule has 1 N–H and O–H groups in total. The molecule has 0 bridgehead atoms. The zero-order valence-corrected chi connectivity index (χ0v) is 10.5. The molecule has 4 unspecified atom stereocenters. The summed E-state index contributed by atoms with van der Waals surface area (Å²) < 4.78 is 11.2. The molecule has 0 aromatic heterocycles. The van der Waals surface area contributed by atoms with Gasteiger partial charge in [0.2, 0.25) is 0 Å². The van der Waals surface area contributed by atoms with Gasteiger partial charge in [-0.15, -0.1) is 0 Å². The van der Waals surface area contributed by atoms with Gasteiger partial charge in [0.15, 0.2) is 0 Å². The molecule has 0 spiro atoms. The van der Waals surface area contributed by atoms with Gasteiger partial charge >= 0.3 is 0 Å². The molecule has 90 valence electrons. The maximum Gasteiger partial charge on any atom is 0.0905 e. The summed E-state index contributed by atoms with van der Waals surface area (Å²) in [7, 11) is 1.69. The van der Waals surface area contributed by atoms with Crippen molar-refractivity contribution in [3.05, 3.63) is 0 Å². The monoisotopic (exact) mass is 216 g/mol. The highest BCUT2D eigenvalue weighted by Crippen LogP contribution is 2.35. The lowest BCUT2D eigenvalue weighted by Gasteiger charge is -2.26. The number of methoxy groups -OCH3 is 1. The van der Waals surface area contributed by atoms with E-state index in [9.17, 15) is 5.11 Å². The van der Waals surface area contributed by atoms with Crippen molar-refractivity contribution < 1.29 is 14.6 Å². The lowest BCUT2D eigenvalue weighted by atomic mass is 9.84. The van der Waals surface area contributed by atoms with Crippen LogP contribution < -0.4 is 0 Å². The van der Waals surface area contributed by atoms with Crippen molar-refractivity contribution in [1.82, 2.24) is 0 Å². The van der Waals surface area contributed by atoms with Crippen LogP contribution in [0.15, 0.2) is 0 Å². The van der Waals surface area contributed by atoms with Crippen LogP contribution in [0.4, 0.5) is 0 Å². The van der Waals surface area contributed by atoms with E-state index in [1.165, 1.54) is 0 Å². The summed E-state index contributed by atoms with van der Waals surface area (Å²) in [6.45, 7) is 8.73. The maximum atomic E-state index is 9.39. The normalized spacial score (nSPS) is 37.2. The average molecular weight is 216 g/mol. The average Bonchev–Trinajstić information content (AvgIpc) is 2.37. The van der Waals surface area contributed by atoms with E-state index in [-0.39, 0.29) is 36.3 Å². The predicted molar refractivity (Wildman–Crippen MR) is 59.8 cm³/mol. The molecule has 3 heteroatoms. The van der Waals surface area contributed by atoms with E-state index in [1.807, 2.05) is 6.92 Å². The van der Waals surface area contributed by atoms with Crippen LogP contribution in [0, 0.1) is 11.3 Å². The van der Waals surface area contributed by atoms with E-state index in [2.05, 4.69) is 20.8 Å². The predicted octanol–water partition coefficient (Wildman–Crippen LogP) is 1.83. The minimum absolute atomic E-state index is 0.0300. The minimum atomic E-state index is 0.0300. The summed E-state index contributed by atoms with van der Waals surface area (Å²) in [6.07, 6.45) is 1.19. The Labute approximate surface area is 92.8 Å². The quantitative estimate of drug-likeness (QED) is 0.782. The fourth-order valence-electron chi connectivity index (χ4n) is 2.40. The molecule has 1 heterocycles. The second-order valence-corrected chi connectivity index (χ2v) is 5.69. The summed E-state index contributed by atoms with van der Waals surface area (Å²) in [5, 5.41) is 9.39. The van der Waals surface area contributed by atoms with Gasteiger partial charge in [-0.1, -0.05) is 20.8 Å². The molecule has 4 atom stereocenters. The summed E-state index contributed by atoms with van der Waals surface area (Å²) in [5.74, 6) is 0.115. The molecule has 0 amide bonds. The van der Waals surface area contributed by atoms with E-state index in [0.717, 1.165) is 6.42 Å². The van der Waals surface area contributed by atoms with Crippen LogP contribution in [0.1, 0.15) is 34.1 Å². The van der Waals surface area contributed by atoms with Gasteiger partial charge in [0.1, 0.15) is 0 Å². The highest BCUT2D eigenvalue weighted by molar-refractivity contribution is 4.91. The molecule has 0 radical (unpaired) electrons. The molecule has 1 aliphatic rings. The number of hydrogen-bond acceptors (Lipinski definition) is 3. The van der Waals surface area contributed by atoms with E-state index in [4.69, 9.17) is 9.47 Å². The van der Waals surface area contributed by atoms with Gasteiger partial charge in [-0.05, 0) is 18.8 Å². The van der Waals surface area contributed by atoms with Gasteiger partial charge in [0, 0.05) is 13.0 Å². The number of aliphatic hydroxyl groups excluding tert-OH is 1. The molecule has 1 fully saturated rings. The van der Waals surface area contributed by atoms with Crippen molar-refractivity contribution in [1.29, 1.82) is 0 Å². The summed E-state index contributed by atoms with van der Waals surface area (Å²) in [5.41, 5.74) is 0.223. The summed E-state index contributed by atoms with van der Waals surface area (Å²) in [4.78, 5) is 0. The molecular weight excluding hydrogens is 192 g/mol. The van der Waals surface area contributed by atoms with Crippen LogP contribution in [0.5, 0.6) is 0 Å². The van der Waals surface area contributed by atoms with Crippen molar-refractivity contribution in [2.24, 2.45) is 11.3 Å². The van der Waals surface area contributed by atoms with E-state index < -0.39 is 0 Å². The first kappa shape index (κ1) is 12.9. The first-order valence-corrected chi connectivity index (χ1v) is 5.68. The zero-order valence-electron chi connectivity index (χ0n) is 10.5. The van der Waals surface area contributed by atoms with E-state index in [0.29, 0.717) is 0 Å². The van der Waals surface area contributed by atoms with Gasteiger partial charge in [-0.25, -0.2) is 0 Å². The van der Waals surface area contributed by atoms with Gasteiger partial charge < -0.3 is 14.6 Å². The second kappa shape index (κ2) is 4.81. The third-order valence-corrected chi connectivity index (χ3v) is 3.05. The third-order valence-electron chi connectivity index (χ3n) is 3.05. The molecule has 1 saturated heterocycles. The van der Waals surface area contributed by atoms with Crippen LogP contribution in [0.3, 0.4) is 0 Å². The van der Waals surface area contributed by atoms with Gasteiger partial charge in [-0.2, -0.15) is 0 Å². The Kier molecular flexibility index (Phi) is 4.15. The van der Waals surface area contributed by atoms with Crippen molar-refractivity contribution >= 4 is 0 Å². The van der Waals surface area contributed by atoms with Crippen LogP contribution in [0.2, 0.25) is 0 Å². The van der Waals surface area contributed by atoms with Gasteiger partial charge in [-0.3, -0.25) is 0 Å². The Morgan fingerprint density at radius 3 is 2.33 bits per heavy atom. The maximum absolute atomic E-state index is 9.39. The molecule has 1 rings (SSSR count). The molecule has 0 aliphatic carbocycles. The van der Waals surface area contributed by atoms with Crippen LogP contribution >= 0.6 is 0 Å². The fourth-order valence-corrected chi connectivity index (χ4v) is 2.40. The number of hydrogen-bond donors (Lipinski definition) is 1. The molecule has 1 aliphatic heterocycles. The molecule has 0 aromatic rings. The fraction of sp³-hybridized carbons (Fsp3) is 1.00. The Morgan fingerprint density at radius 2 is 1.93 bits per heavy atom. The summed E-state index contributed by atoms with van der Waals surface area (Å²) >= 11 is 0. The number of rotatable bonds is 3. The van der Waals surface area contributed by atoms with Crippen molar-refractivity contribution in [3.63, 3.8) is 0 Å². The SMILES string of the molecule is COC1C(C)OC(CC(C)(C)C)C1CO. The van der Waals surface area contributed by atoms with E-state index in [1.54, 1.807) is 7.11 Å². The third kappa shape index (κ3) is 3.16. The Morgan fingerprint density at radius 1 is 1.33 bits per heavy atom. The number of ether oxygens (including phenoxy) is 2. The molecule has 0 aromatic carbocycles. The molecule has 3 nitrogen and oxygen atoms in total. The molecule has 0 saturated carbocycles. The first-order chi connectivity index (χ1) is 6.89. The summed E-state index contributed by atoms with van der Waals surface area (Å²) in [6, 6.07) is 0. The second-order valence-electron chi connectivity index (χ2n) is 5.69. The topological polar surface area (TPSA) is 38.7 Å². The Hall–Kier alpha value is -0.120. The lowest BCUT2D eigenvalue weighted by molar-refractivity contribution is -0.00389. The largest absolute Gasteiger partial charge is 0.396 e. The van der Waals surface area contributed by atoms with Crippen LogP contribution in [-0.2, 0) is 9.47 Å². The first-order valence-electron chi connectivity index (χ1n) is 5.68. The van der Waals surface area contributed by atoms with Crippen LogP contribution in [-0.4, -0.2) is 37.1 Å². The highest BCUT2D eigenvalue weighted by Gasteiger charge is 2.43. The van der Waals surface area contributed by atoms with Gasteiger partial charge in [0.25, 0.3) is 0 Å². The van der Waals surface area contributed by atoms with Crippen LogP contribution in [0.25, 0.3) is 0 Å². The van der Waals surface area contributed by atoms with E-state index >= 15 is 0 Å². The van der Waals surface area contributed by atoms with Crippen molar-refractivity contribution in [2.45, 2.75) is 52.4 Å². The molecule has 15 heavy (non-hydrogen) atoms. The Balaban J connectivity index is 2.66. The zero-order chi connectivity index (χ0) is 11.6. The minimum Gasteiger partial charge on any atom is -0.396 e. The number of aliphatic hydroxyl groups is 1. The highest BCUT2D eigenvalue weighted by atomic mass is 16.6.